The lowest BCUT2D eigenvalue weighted by Crippen LogP contribution is -2.39. The number of aromatic amines is 2. The quantitative estimate of drug-likeness (QED) is 0.642. The van der Waals surface area contributed by atoms with Crippen LogP contribution in [0.1, 0.15) is 24.5 Å². The van der Waals surface area contributed by atoms with Gasteiger partial charge in [0, 0.05) is 30.9 Å². The van der Waals surface area contributed by atoms with E-state index in [0.717, 1.165) is 23.9 Å². The van der Waals surface area contributed by atoms with Gasteiger partial charge in [-0.05, 0) is 25.0 Å². The first-order valence-electron chi connectivity index (χ1n) is 7.65. The molecule has 0 bridgehead atoms. The summed E-state index contributed by atoms with van der Waals surface area (Å²) in [7, 11) is -3.53. The Bertz CT molecular complexity index is 964. The second-order valence-electron chi connectivity index (χ2n) is 5.88. The highest BCUT2D eigenvalue weighted by Crippen LogP contribution is 2.30. The summed E-state index contributed by atoms with van der Waals surface area (Å²) in [6.07, 6.45) is 4.39. The number of nitrogen functional groups attached to an aromatic ring is 1. The Morgan fingerprint density at radius 1 is 1.33 bits per heavy atom. The van der Waals surface area contributed by atoms with Crippen LogP contribution in [0.5, 0.6) is 0 Å². The van der Waals surface area contributed by atoms with Gasteiger partial charge >= 0.3 is 0 Å². The summed E-state index contributed by atoms with van der Waals surface area (Å²) in [5.74, 6) is 0.514. The Kier molecular flexibility index (Phi) is 3.50. The van der Waals surface area contributed by atoms with E-state index in [1.807, 2.05) is 12.1 Å². The van der Waals surface area contributed by atoms with Crippen molar-refractivity contribution in [3.8, 4) is 0 Å². The molecule has 1 fully saturated rings. The van der Waals surface area contributed by atoms with Crippen molar-refractivity contribution in [1.82, 2.24) is 29.7 Å². The smallest absolute Gasteiger partial charge is 0.246 e. The van der Waals surface area contributed by atoms with Gasteiger partial charge in [-0.1, -0.05) is 0 Å². The first kappa shape index (κ1) is 15.1. The van der Waals surface area contributed by atoms with Crippen LogP contribution in [0, 0.1) is 0 Å². The van der Waals surface area contributed by atoms with Crippen LogP contribution in [-0.2, 0) is 10.0 Å². The third kappa shape index (κ3) is 2.43. The van der Waals surface area contributed by atoms with Crippen molar-refractivity contribution in [1.29, 1.82) is 0 Å². The van der Waals surface area contributed by atoms with Crippen LogP contribution in [0.4, 0.5) is 5.82 Å². The fourth-order valence-corrected chi connectivity index (χ4v) is 4.52. The molecule has 24 heavy (non-hydrogen) atoms. The highest BCUT2D eigenvalue weighted by molar-refractivity contribution is 7.89. The monoisotopic (exact) mass is 347 g/mol. The summed E-state index contributed by atoms with van der Waals surface area (Å²) in [5.41, 5.74) is 7.17. The molecule has 1 saturated heterocycles. The number of sulfonamides is 1. The van der Waals surface area contributed by atoms with Crippen LogP contribution >= 0.6 is 0 Å². The van der Waals surface area contributed by atoms with Crippen LogP contribution < -0.4 is 5.73 Å². The SMILES string of the molecule is Nc1[nH]nc2nc([C@H]3CCCN(S(=O)(=O)c4cn[nH]c4)C3)ccc12. The number of piperidine rings is 1. The van der Waals surface area contributed by atoms with Crippen molar-refractivity contribution in [3.05, 3.63) is 30.2 Å². The summed E-state index contributed by atoms with van der Waals surface area (Å²) in [6, 6.07) is 3.77. The second-order valence-corrected chi connectivity index (χ2v) is 7.82. The molecule has 126 valence electrons. The first-order chi connectivity index (χ1) is 11.6. The van der Waals surface area contributed by atoms with Crippen molar-refractivity contribution < 1.29 is 8.42 Å². The number of rotatable bonds is 3. The number of hydrogen-bond acceptors (Lipinski definition) is 6. The normalized spacial score (nSPS) is 19.8. The Balaban J connectivity index is 1.62. The summed E-state index contributed by atoms with van der Waals surface area (Å²) < 4.78 is 26.8. The Morgan fingerprint density at radius 3 is 3.00 bits per heavy atom. The number of H-pyrrole nitrogens is 2. The molecular weight excluding hydrogens is 330 g/mol. The maximum absolute atomic E-state index is 12.7. The van der Waals surface area contributed by atoms with E-state index in [0.29, 0.717) is 24.6 Å². The highest BCUT2D eigenvalue weighted by atomic mass is 32.2. The van der Waals surface area contributed by atoms with E-state index in [2.05, 4.69) is 25.4 Å². The third-order valence-corrected chi connectivity index (χ3v) is 6.21. The molecule has 1 aliphatic rings. The molecule has 0 amide bonds. The lowest BCUT2D eigenvalue weighted by atomic mass is 9.95. The minimum atomic E-state index is -3.53. The maximum atomic E-state index is 12.7. The second kappa shape index (κ2) is 5.56. The van der Waals surface area contributed by atoms with Gasteiger partial charge in [0.05, 0.1) is 11.6 Å². The molecule has 3 aromatic heterocycles. The largest absolute Gasteiger partial charge is 0.384 e. The fourth-order valence-electron chi connectivity index (χ4n) is 3.09. The molecule has 4 heterocycles. The zero-order valence-electron chi connectivity index (χ0n) is 12.8. The van der Waals surface area contributed by atoms with Crippen molar-refractivity contribution in [2.75, 3.05) is 18.8 Å². The van der Waals surface area contributed by atoms with Crippen LogP contribution in [-0.4, -0.2) is 51.2 Å². The number of anilines is 1. The molecule has 0 radical (unpaired) electrons. The van der Waals surface area contributed by atoms with Crippen LogP contribution in [0.3, 0.4) is 0 Å². The van der Waals surface area contributed by atoms with E-state index in [-0.39, 0.29) is 10.8 Å². The number of nitrogens with one attached hydrogen (secondary N) is 2. The average molecular weight is 347 g/mol. The predicted octanol–water partition coefficient (Wildman–Crippen LogP) is 0.831. The molecular formula is C14H17N7O2S. The number of nitrogens with zero attached hydrogens (tertiary/aromatic N) is 4. The van der Waals surface area contributed by atoms with Gasteiger partial charge in [-0.3, -0.25) is 10.2 Å². The topological polar surface area (TPSA) is 134 Å². The van der Waals surface area contributed by atoms with Crippen LogP contribution in [0.2, 0.25) is 0 Å². The molecule has 0 unspecified atom stereocenters. The van der Waals surface area contributed by atoms with Gasteiger partial charge in [0.25, 0.3) is 0 Å². The molecule has 0 saturated carbocycles. The average Bonchev–Trinajstić information content (AvgIpc) is 3.25. The van der Waals surface area contributed by atoms with Gasteiger partial charge in [0.15, 0.2) is 5.65 Å². The molecule has 4 rings (SSSR count). The summed E-state index contributed by atoms with van der Waals surface area (Å²) in [6.45, 7) is 0.896. The van der Waals surface area contributed by atoms with E-state index in [9.17, 15) is 8.42 Å². The van der Waals surface area contributed by atoms with Crippen molar-refractivity contribution in [2.45, 2.75) is 23.7 Å². The predicted molar refractivity (Wildman–Crippen MR) is 87.6 cm³/mol. The van der Waals surface area contributed by atoms with E-state index in [1.165, 1.54) is 16.7 Å². The van der Waals surface area contributed by atoms with Gasteiger partial charge in [0.2, 0.25) is 10.0 Å². The van der Waals surface area contributed by atoms with Crippen molar-refractivity contribution in [2.24, 2.45) is 0 Å². The minimum Gasteiger partial charge on any atom is -0.384 e. The van der Waals surface area contributed by atoms with Gasteiger partial charge < -0.3 is 5.73 Å². The first-order valence-corrected chi connectivity index (χ1v) is 9.09. The zero-order valence-corrected chi connectivity index (χ0v) is 13.6. The molecule has 1 aliphatic heterocycles. The van der Waals surface area contributed by atoms with Gasteiger partial charge in [0.1, 0.15) is 10.7 Å². The summed E-state index contributed by atoms with van der Waals surface area (Å²) in [4.78, 5) is 4.72. The maximum Gasteiger partial charge on any atom is 0.246 e. The van der Waals surface area contributed by atoms with E-state index in [1.54, 1.807) is 0 Å². The fraction of sp³-hybridized carbons (Fsp3) is 0.357. The molecule has 0 aliphatic carbocycles. The van der Waals surface area contributed by atoms with Crippen LogP contribution in [0.15, 0.2) is 29.4 Å². The van der Waals surface area contributed by atoms with E-state index >= 15 is 0 Å². The van der Waals surface area contributed by atoms with E-state index in [4.69, 9.17) is 5.73 Å². The minimum absolute atomic E-state index is 0.0303. The number of pyridine rings is 1. The number of aromatic nitrogens is 5. The lowest BCUT2D eigenvalue weighted by molar-refractivity contribution is 0.313. The molecule has 0 spiro atoms. The van der Waals surface area contributed by atoms with Crippen molar-refractivity contribution >= 4 is 26.9 Å². The molecule has 0 aromatic carbocycles. The summed E-state index contributed by atoms with van der Waals surface area (Å²) in [5, 5.41) is 13.8. The van der Waals surface area contributed by atoms with Gasteiger partial charge in [-0.2, -0.15) is 14.5 Å². The van der Waals surface area contributed by atoms with Crippen molar-refractivity contribution in [3.63, 3.8) is 0 Å². The van der Waals surface area contributed by atoms with E-state index < -0.39 is 10.0 Å². The van der Waals surface area contributed by atoms with Gasteiger partial charge in [-0.25, -0.2) is 13.4 Å². The highest BCUT2D eigenvalue weighted by Gasteiger charge is 2.32. The lowest BCUT2D eigenvalue weighted by Gasteiger charge is -2.31. The Labute approximate surface area is 138 Å². The van der Waals surface area contributed by atoms with Crippen LogP contribution in [0.25, 0.3) is 11.0 Å². The molecule has 4 N–H and O–H groups in total. The summed E-state index contributed by atoms with van der Waals surface area (Å²) >= 11 is 0. The standard InChI is InChI=1S/C14H17N7O2S/c15-13-11-3-4-12(18-14(11)20-19-13)9-2-1-5-21(8-9)24(22,23)10-6-16-17-7-10/h3-4,6-7,9H,1-2,5,8H2,(H,16,17)(H3,15,18,19,20)/t9-/m0/s1. The van der Waals surface area contributed by atoms with Gasteiger partial charge in [-0.15, -0.1) is 0 Å². The molecule has 1 atom stereocenters. The number of nitrogens with two attached hydrogens (primary N) is 1. The number of hydrogen-bond donors (Lipinski definition) is 3. The molecule has 9 nitrogen and oxygen atoms in total. The Hall–Kier alpha value is -2.46. The molecule has 3 aromatic rings. The third-order valence-electron chi connectivity index (χ3n) is 4.38. The number of fused-ring (bicyclic) bond motifs is 1. The zero-order chi connectivity index (χ0) is 16.7. The Morgan fingerprint density at radius 2 is 2.21 bits per heavy atom. The molecule has 10 heteroatoms.